The van der Waals surface area contributed by atoms with Crippen molar-refractivity contribution >= 4 is 5.91 Å². The standard InChI is InChI=1S/C13H18F3N5O/c14-13(15,16)10-19-18-9-7-20(5-6-21(9)10)11(22)12(8-17)3-1-2-4-12/h1-8,17H2. The zero-order chi connectivity index (χ0) is 16.0. The molecule has 122 valence electrons. The van der Waals surface area contributed by atoms with Crippen LogP contribution < -0.4 is 5.73 Å². The predicted octanol–water partition coefficient (Wildman–Crippen LogP) is 1.16. The molecular formula is C13H18F3N5O. The molecule has 1 aliphatic heterocycles. The Bertz CT molecular complexity index is 577. The van der Waals surface area contributed by atoms with Gasteiger partial charge < -0.3 is 15.2 Å². The van der Waals surface area contributed by atoms with Crippen molar-refractivity contribution < 1.29 is 18.0 Å². The van der Waals surface area contributed by atoms with Crippen molar-refractivity contribution in [2.24, 2.45) is 11.1 Å². The Labute approximate surface area is 125 Å². The lowest BCUT2D eigenvalue weighted by Crippen LogP contribution is -2.49. The fourth-order valence-electron chi connectivity index (χ4n) is 3.43. The van der Waals surface area contributed by atoms with Crippen molar-refractivity contribution in [3.63, 3.8) is 0 Å². The van der Waals surface area contributed by atoms with Gasteiger partial charge in [-0.15, -0.1) is 10.2 Å². The van der Waals surface area contributed by atoms with E-state index < -0.39 is 17.4 Å². The summed E-state index contributed by atoms with van der Waals surface area (Å²) in [6.07, 6.45) is -1.10. The predicted molar refractivity (Wildman–Crippen MR) is 70.4 cm³/mol. The number of amides is 1. The highest BCUT2D eigenvalue weighted by Crippen LogP contribution is 2.39. The maximum atomic E-state index is 12.8. The van der Waals surface area contributed by atoms with Gasteiger partial charge in [0.15, 0.2) is 5.82 Å². The largest absolute Gasteiger partial charge is 0.451 e. The van der Waals surface area contributed by atoms with Gasteiger partial charge in [0.05, 0.1) is 12.0 Å². The van der Waals surface area contributed by atoms with Gasteiger partial charge in [-0.1, -0.05) is 12.8 Å². The number of hydrogen-bond acceptors (Lipinski definition) is 4. The summed E-state index contributed by atoms with van der Waals surface area (Å²) in [5, 5.41) is 6.82. The molecule has 1 amide bonds. The number of fused-ring (bicyclic) bond motifs is 1. The van der Waals surface area contributed by atoms with Gasteiger partial charge in [-0.2, -0.15) is 13.2 Å². The van der Waals surface area contributed by atoms with E-state index in [9.17, 15) is 18.0 Å². The van der Waals surface area contributed by atoms with Crippen molar-refractivity contribution in [1.29, 1.82) is 0 Å². The van der Waals surface area contributed by atoms with Crippen molar-refractivity contribution in [2.45, 2.75) is 44.9 Å². The zero-order valence-corrected chi connectivity index (χ0v) is 12.1. The highest BCUT2D eigenvalue weighted by molar-refractivity contribution is 5.83. The van der Waals surface area contributed by atoms with Crippen LogP contribution in [-0.4, -0.2) is 38.7 Å². The first-order valence-electron chi connectivity index (χ1n) is 7.36. The topological polar surface area (TPSA) is 77.0 Å². The van der Waals surface area contributed by atoms with E-state index in [1.165, 1.54) is 0 Å². The highest BCUT2D eigenvalue weighted by Gasteiger charge is 2.44. The lowest BCUT2D eigenvalue weighted by Gasteiger charge is -2.35. The summed E-state index contributed by atoms with van der Waals surface area (Å²) < 4.78 is 39.5. The van der Waals surface area contributed by atoms with Gasteiger partial charge in [0.25, 0.3) is 0 Å². The summed E-state index contributed by atoms with van der Waals surface area (Å²) in [5.74, 6) is -0.878. The number of nitrogens with two attached hydrogens (primary N) is 1. The molecule has 9 heteroatoms. The second kappa shape index (κ2) is 5.22. The first-order valence-corrected chi connectivity index (χ1v) is 7.36. The maximum Gasteiger partial charge on any atom is 0.451 e. The molecule has 1 saturated carbocycles. The van der Waals surface area contributed by atoms with Crippen molar-refractivity contribution in [3.05, 3.63) is 11.6 Å². The lowest BCUT2D eigenvalue weighted by molar-refractivity contribution is -0.149. The second-order valence-corrected chi connectivity index (χ2v) is 6.01. The monoisotopic (exact) mass is 317 g/mol. The zero-order valence-electron chi connectivity index (χ0n) is 12.1. The molecule has 0 saturated heterocycles. The van der Waals surface area contributed by atoms with Crippen LogP contribution in [0.4, 0.5) is 13.2 Å². The average Bonchev–Trinajstić information content (AvgIpc) is 3.12. The van der Waals surface area contributed by atoms with Gasteiger partial charge in [0.2, 0.25) is 11.7 Å². The molecule has 22 heavy (non-hydrogen) atoms. The molecule has 2 N–H and O–H groups in total. The summed E-state index contributed by atoms with van der Waals surface area (Å²) >= 11 is 0. The van der Waals surface area contributed by atoms with Crippen LogP contribution in [-0.2, 0) is 24.1 Å². The van der Waals surface area contributed by atoms with Crippen LogP contribution in [0.15, 0.2) is 0 Å². The van der Waals surface area contributed by atoms with Crippen LogP contribution in [0.2, 0.25) is 0 Å². The first kappa shape index (κ1) is 15.3. The number of aromatic nitrogens is 3. The number of alkyl halides is 3. The number of hydrogen-bond donors (Lipinski definition) is 1. The van der Waals surface area contributed by atoms with E-state index in [4.69, 9.17) is 5.73 Å². The van der Waals surface area contributed by atoms with Crippen molar-refractivity contribution in [2.75, 3.05) is 13.1 Å². The quantitative estimate of drug-likeness (QED) is 0.888. The molecule has 0 unspecified atom stereocenters. The number of carbonyl (C=O) groups is 1. The van der Waals surface area contributed by atoms with E-state index in [1.807, 2.05) is 0 Å². The Morgan fingerprint density at radius 1 is 1.23 bits per heavy atom. The molecular weight excluding hydrogens is 299 g/mol. The fourth-order valence-corrected chi connectivity index (χ4v) is 3.43. The van der Waals surface area contributed by atoms with Gasteiger partial charge in [-0.05, 0) is 12.8 Å². The first-order chi connectivity index (χ1) is 10.4. The Hall–Kier alpha value is -1.64. The summed E-state index contributed by atoms with van der Waals surface area (Å²) in [7, 11) is 0. The molecule has 0 radical (unpaired) electrons. The highest BCUT2D eigenvalue weighted by atomic mass is 19.4. The van der Waals surface area contributed by atoms with E-state index >= 15 is 0 Å². The molecule has 3 rings (SSSR count). The van der Waals surface area contributed by atoms with Gasteiger partial charge in [-0.3, -0.25) is 4.79 Å². The molecule has 0 atom stereocenters. The van der Waals surface area contributed by atoms with Gasteiger partial charge in [0, 0.05) is 19.6 Å². The third kappa shape index (κ3) is 2.37. The van der Waals surface area contributed by atoms with Crippen LogP contribution in [0.25, 0.3) is 0 Å². The Kier molecular flexibility index (Phi) is 3.62. The molecule has 1 aliphatic carbocycles. The minimum Gasteiger partial charge on any atom is -0.333 e. The molecule has 2 heterocycles. The molecule has 6 nitrogen and oxygen atoms in total. The van der Waals surface area contributed by atoms with Crippen LogP contribution >= 0.6 is 0 Å². The van der Waals surface area contributed by atoms with E-state index in [1.54, 1.807) is 4.90 Å². The maximum absolute atomic E-state index is 12.8. The Morgan fingerprint density at radius 2 is 1.91 bits per heavy atom. The van der Waals surface area contributed by atoms with E-state index in [2.05, 4.69) is 10.2 Å². The average molecular weight is 317 g/mol. The van der Waals surface area contributed by atoms with Crippen LogP contribution in [0.5, 0.6) is 0 Å². The van der Waals surface area contributed by atoms with E-state index in [0.717, 1.165) is 30.3 Å². The normalized spacial score (nSPS) is 21.0. The Morgan fingerprint density at radius 3 is 2.50 bits per heavy atom. The molecule has 1 fully saturated rings. The van der Waals surface area contributed by atoms with Crippen molar-refractivity contribution in [1.82, 2.24) is 19.7 Å². The summed E-state index contributed by atoms with van der Waals surface area (Å²) in [6, 6.07) is 0. The number of halogens is 3. The Balaban J connectivity index is 1.80. The minimum atomic E-state index is -4.53. The number of nitrogens with zero attached hydrogens (tertiary/aromatic N) is 4. The van der Waals surface area contributed by atoms with Gasteiger partial charge in [0.1, 0.15) is 0 Å². The number of carbonyl (C=O) groups excluding carboxylic acids is 1. The smallest absolute Gasteiger partial charge is 0.333 e. The third-order valence-electron chi connectivity index (χ3n) is 4.70. The van der Waals surface area contributed by atoms with Gasteiger partial charge >= 0.3 is 6.18 Å². The lowest BCUT2D eigenvalue weighted by atomic mass is 9.84. The van der Waals surface area contributed by atoms with Crippen LogP contribution in [0.3, 0.4) is 0 Å². The molecule has 1 aromatic rings. The third-order valence-corrected chi connectivity index (χ3v) is 4.70. The molecule has 1 aromatic heterocycles. The molecule has 0 spiro atoms. The molecule has 2 aliphatic rings. The van der Waals surface area contributed by atoms with Crippen molar-refractivity contribution in [3.8, 4) is 0 Å². The summed E-state index contributed by atoms with van der Waals surface area (Å²) in [6.45, 7) is 0.630. The van der Waals surface area contributed by atoms with E-state index in [-0.39, 0.29) is 37.9 Å². The van der Waals surface area contributed by atoms with Crippen LogP contribution in [0.1, 0.15) is 37.3 Å². The SMILES string of the molecule is NCC1(C(=O)N2CCn3c(nnc3C(F)(F)F)C2)CCCC1. The molecule has 0 aromatic carbocycles. The number of rotatable bonds is 2. The fraction of sp³-hybridized carbons (Fsp3) is 0.769. The second-order valence-electron chi connectivity index (χ2n) is 6.01. The molecule has 0 bridgehead atoms. The van der Waals surface area contributed by atoms with Crippen LogP contribution in [0, 0.1) is 5.41 Å². The van der Waals surface area contributed by atoms with E-state index in [0.29, 0.717) is 0 Å². The van der Waals surface area contributed by atoms with Gasteiger partial charge in [-0.25, -0.2) is 0 Å². The minimum absolute atomic E-state index is 0.0591. The summed E-state index contributed by atoms with van der Waals surface area (Å²) in [4.78, 5) is 14.3. The summed E-state index contributed by atoms with van der Waals surface area (Å²) in [5.41, 5.74) is 5.26.